The van der Waals surface area contributed by atoms with Crippen LogP contribution in [0.25, 0.3) is 0 Å². The lowest BCUT2D eigenvalue weighted by Gasteiger charge is -2.12. The van der Waals surface area contributed by atoms with E-state index in [0.717, 1.165) is 16.3 Å². The highest BCUT2D eigenvalue weighted by atomic mass is 32.1. The van der Waals surface area contributed by atoms with E-state index in [2.05, 4.69) is 41.6 Å². The Morgan fingerprint density at radius 1 is 1.32 bits per heavy atom. The van der Waals surface area contributed by atoms with Crippen molar-refractivity contribution in [2.75, 3.05) is 12.4 Å². The van der Waals surface area contributed by atoms with Crippen LogP contribution in [0.1, 0.15) is 31.3 Å². The largest absolute Gasteiger partial charge is 0.497 e. The molecule has 2 rings (SSSR count). The molecule has 0 saturated heterocycles. The number of rotatable bonds is 4. The molecule has 0 aliphatic heterocycles. The van der Waals surface area contributed by atoms with Crippen molar-refractivity contribution < 1.29 is 9.53 Å². The van der Waals surface area contributed by atoms with Gasteiger partial charge >= 0.3 is 6.03 Å². The van der Waals surface area contributed by atoms with Gasteiger partial charge in [-0.15, -0.1) is 10.2 Å². The van der Waals surface area contributed by atoms with Gasteiger partial charge in [-0.25, -0.2) is 4.79 Å². The van der Waals surface area contributed by atoms with Gasteiger partial charge in [0.05, 0.1) is 7.11 Å². The van der Waals surface area contributed by atoms with Gasteiger partial charge in [-0.2, -0.15) is 0 Å². The molecule has 1 aromatic heterocycles. The average Bonchev–Trinajstić information content (AvgIpc) is 2.94. The predicted molar refractivity (Wildman–Crippen MR) is 87.5 cm³/mol. The zero-order valence-corrected chi connectivity index (χ0v) is 14.0. The van der Waals surface area contributed by atoms with Gasteiger partial charge in [0.2, 0.25) is 5.13 Å². The van der Waals surface area contributed by atoms with Gasteiger partial charge in [-0.1, -0.05) is 44.2 Å². The van der Waals surface area contributed by atoms with Crippen LogP contribution in [0.15, 0.2) is 24.3 Å². The second-order valence-electron chi connectivity index (χ2n) is 5.82. The number of hydrogen-bond acceptors (Lipinski definition) is 5. The van der Waals surface area contributed by atoms with Crippen LogP contribution in [0.3, 0.4) is 0 Å². The van der Waals surface area contributed by atoms with Crippen molar-refractivity contribution in [3.63, 3.8) is 0 Å². The molecule has 0 fully saturated rings. The number of carbonyl (C=O) groups is 1. The number of urea groups is 1. The fraction of sp³-hybridized carbons (Fsp3) is 0.400. The van der Waals surface area contributed by atoms with Crippen LogP contribution in [0.5, 0.6) is 5.75 Å². The topological polar surface area (TPSA) is 76.1 Å². The molecule has 1 heterocycles. The van der Waals surface area contributed by atoms with Crippen molar-refractivity contribution in [3.05, 3.63) is 34.8 Å². The molecule has 0 spiro atoms. The van der Waals surface area contributed by atoms with Crippen LogP contribution >= 0.6 is 11.3 Å². The number of anilines is 1. The molecular weight excluding hydrogens is 300 g/mol. The van der Waals surface area contributed by atoms with Crippen LogP contribution in [-0.2, 0) is 12.0 Å². The van der Waals surface area contributed by atoms with E-state index < -0.39 is 0 Å². The Bertz CT molecular complexity index is 649. The fourth-order valence-electron chi connectivity index (χ4n) is 1.68. The molecule has 2 N–H and O–H groups in total. The standard InChI is InChI=1S/C15H20N4O2S/c1-15(2,3)12-18-19-14(22-12)17-13(20)16-9-10-6-5-7-11(8-10)21-4/h5-8H,9H2,1-4H3,(H2,16,17,19,20). The second-order valence-corrected chi connectivity index (χ2v) is 6.80. The average molecular weight is 320 g/mol. The molecule has 2 aromatic rings. The Hall–Kier alpha value is -2.15. The Balaban J connectivity index is 1.89. The van der Waals surface area contributed by atoms with E-state index in [0.29, 0.717) is 11.7 Å². The molecule has 6 nitrogen and oxygen atoms in total. The molecular formula is C15H20N4O2S. The van der Waals surface area contributed by atoms with Crippen molar-refractivity contribution >= 4 is 22.5 Å². The van der Waals surface area contributed by atoms with E-state index in [4.69, 9.17) is 4.74 Å². The zero-order chi connectivity index (χ0) is 16.2. The van der Waals surface area contributed by atoms with E-state index in [-0.39, 0.29) is 11.4 Å². The van der Waals surface area contributed by atoms with E-state index in [9.17, 15) is 4.79 Å². The third kappa shape index (κ3) is 4.42. The maximum absolute atomic E-state index is 11.9. The number of amides is 2. The lowest BCUT2D eigenvalue weighted by molar-refractivity contribution is 0.251. The highest BCUT2D eigenvalue weighted by molar-refractivity contribution is 7.15. The summed E-state index contributed by atoms with van der Waals surface area (Å²) in [5.74, 6) is 0.763. The molecule has 0 unspecified atom stereocenters. The van der Waals surface area contributed by atoms with Gasteiger partial charge in [0.1, 0.15) is 10.8 Å². The number of carbonyl (C=O) groups excluding carboxylic acids is 1. The van der Waals surface area contributed by atoms with Crippen molar-refractivity contribution in [2.24, 2.45) is 0 Å². The molecule has 1 aromatic carbocycles. The Labute approximate surface area is 133 Å². The summed E-state index contributed by atoms with van der Waals surface area (Å²) in [6.45, 7) is 6.58. The highest BCUT2D eigenvalue weighted by Gasteiger charge is 2.19. The van der Waals surface area contributed by atoms with E-state index in [1.54, 1.807) is 7.11 Å². The first-order valence-corrected chi connectivity index (χ1v) is 7.72. The first-order chi connectivity index (χ1) is 10.4. The van der Waals surface area contributed by atoms with Gasteiger partial charge in [0.15, 0.2) is 0 Å². The number of aromatic nitrogens is 2. The summed E-state index contributed by atoms with van der Waals surface area (Å²) in [4.78, 5) is 11.9. The summed E-state index contributed by atoms with van der Waals surface area (Å²) in [5, 5.41) is 14.9. The molecule has 0 aliphatic carbocycles. The third-order valence-corrected chi connectivity index (χ3v) is 4.14. The minimum absolute atomic E-state index is 0.0747. The lowest BCUT2D eigenvalue weighted by atomic mass is 9.98. The summed E-state index contributed by atoms with van der Waals surface area (Å²) in [6.07, 6.45) is 0. The monoisotopic (exact) mass is 320 g/mol. The number of nitrogens with one attached hydrogen (secondary N) is 2. The smallest absolute Gasteiger partial charge is 0.321 e. The zero-order valence-electron chi connectivity index (χ0n) is 13.1. The molecule has 118 valence electrons. The third-order valence-electron chi connectivity index (χ3n) is 2.87. The van der Waals surface area contributed by atoms with Crippen LogP contribution in [0, 0.1) is 0 Å². The maximum atomic E-state index is 11.9. The second kappa shape index (κ2) is 6.74. The van der Waals surface area contributed by atoms with Gasteiger partial charge in [-0.05, 0) is 17.7 Å². The van der Waals surface area contributed by atoms with Crippen LogP contribution in [0.4, 0.5) is 9.93 Å². The molecule has 22 heavy (non-hydrogen) atoms. The highest BCUT2D eigenvalue weighted by Crippen LogP contribution is 2.27. The van der Waals surface area contributed by atoms with Crippen molar-refractivity contribution in [2.45, 2.75) is 32.7 Å². The lowest BCUT2D eigenvalue weighted by Crippen LogP contribution is -2.28. The normalized spacial score (nSPS) is 11.1. The van der Waals surface area contributed by atoms with E-state index >= 15 is 0 Å². The van der Waals surface area contributed by atoms with Crippen molar-refractivity contribution in [3.8, 4) is 5.75 Å². The summed E-state index contributed by atoms with van der Waals surface area (Å²) in [6, 6.07) is 7.24. The molecule has 2 amide bonds. The van der Waals surface area contributed by atoms with E-state index in [1.165, 1.54) is 11.3 Å². The van der Waals surface area contributed by atoms with Crippen LogP contribution in [-0.4, -0.2) is 23.3 Å². The Morgan fingerprint density at radius 3 is 2.73 bits per heavy atom. The molecule has 7 heteroatoms. The quantitative estimate of drug-likeness (QED) is 0.907. The summed E-state index contributed by atoms with van der Waals surface area (Å²) in [5.41, 5.74) is 0.886. The summed E-state index contributed by atoms with van der Waals surface area (Å²) >= 11 is 1.38. The van der Waals surface area contributed by atoms with Crippen LogP contribution in [0.2, 0.25) is 0 Å². The molecule has 0 bridgehead atoms. The minimum atomic E-state index is -0.306. The molecule has 0 radical (unpaired) electrons. The van der Waals surface area contributed by atoms with Crippen LogP contribution < -0.4 is 15.4 Å². The number of hydrogen-bond donors (Lipinski definition) is 2. The first kappa shape index (κ1) is 16.2. The molecule has 0 saturated carbocycles. The van der Waals surface area contributed by atoms with E-state index in [1.807, 2.05) is 24.3 Å². The number of methoxy groups -OCH3 is 1. The fourth-order valence-corrected chi connectivity index (χ4v) is 2.48. The number of benzene rings is 1. The summed E-state index contributed by atoms with van der Waals surface area (Å²) in [7, 11) is 1.61. The minimum Gasteiger partial charge on any atom is -0.497 e. The maximum Gasteiger partial charge on any atom is 0.321 e. The Morgan fingerprint density at radius 2 is 2.09 bits per heavy atom. The van der Waals surface area contributed by atoms with Gasteiger partial charge in [0.25, 0.3) is 0 Å². The Kier molecular flexibility index (Phi) is 4.97. The van der Waals surface area contributed by atoms with Gasteiger partial charge in [0, 0.05) is 12.0 Å². The first-order valence-electron chi connectivity index (χ1n) is 6.90. The molecule has 0 aliphatic rings. The number of nitrogens with zero attached hydrogens (tertiary/aromatic N) is 2. The molecule has 0 atom stereocenters. The van der Waals surface area contributed by atoms with Gasteiger partial charge in [-0.3, -0.25) is 5.32 Å². The van der Waals surface area contributed by atoms with Crippen molar-refractivity contribution in [1.29, 1.82) is 0 Å². The van der Waals surface area contributed by atoms with Gasteiger partial charge < -0.3 is 10.1 Å². The predicted octanol–water partition coefficient (Wildman–Crippen LogP) is 3.17. The SMILES string of the molecule is COc1cccc(CNC(=O)Nc2nnc(C(C)(C)C)s2)c1. The van der Waals surface area contributed by atoms with Crippen molar-refractivity contribution in [1.82, 2.24) is 15.5 Å². The summed E-state index contributed by atoms with van der Waals surface area (Å²) < 4.78 is 5.15. The number of ether oxygens (including phenoxy) is 1.